The van der Waals surface area contributed by atoms with Crippen LogP contribution in [0.5, 0.6) is 0 Å². The van der Waals surface area contributed by atoms with E-state index in [2.05, 4.69) is 10.6 Å². The zero-order valence-corrected chi connectivity index (χ0v) is 18.6. The molecule has 8 nitrogen and oxygen atoms in total. The number of halogens is 2. The van der Waals surface area contributed by atoms with Crippen molar-refractivity contribution in [2.75, 3.05) is 13.2 Å². The number of ether oxygens (including phenoxy) is 1. The molecule has 172 valence electrons. The van der Waals surface area contributed by atoms with Crippen LogP contribution in [0.25, 0.3) is 0 Å². The van der Waals surface area contributed by atoms with Gasteiger partial charge in [-0.25, -0.2) is 0 Å². The summed E-state index contributed by atoms with van der Waals surface area (Å²) in [4.78, 5) is 36.3. The van der Waals surface area contributed by atoms with E-state index in [9.17, 15) is 19.5 Å². The fraction of sp³-hybridized carbons (Fsp3) is 0.318. The average Bonchev–Trinajstić information content (AvgIpc) is 2.72. The first kappa shape index (κ1) is 25.6. The van der Waals surface area contributed by atoms with E-state index in [-0.39, 0.29) is 36.3 Å². The molecule has 2 atom stereocenters. The van der Waals surface area contributed by atoms with Gasteiger partial charge in [0.05, 0.1) is 32.3 Å². The zero-order chi connectivity index (χ0) is 23.5. The molecule has 0 bridgehead atoms. The summed E-state index contributed by atoms with van der Waals surface area (Å²) in [5, 5.41) is 24.0. The van der Waals surface area contributed by atoms with E-state index in [0.717, 1.165) is 5.56 Å². The number of aliphatic carboxylic acids is 1. The first-order valence-electron chi connectivity index (χ1n) is 9.78. The lowest BCUT2D eigenvalue weighted by atomic mass is 10.0. The minimum Gasteiger partial charge on any atom is -0.481 e. The number of aliphatic hydroxyl groups excluding tert-OH is 1. The summed E-state index contributed by atoms with van der Waals surface area (Å²) in [6.07, 6.45) is -0.616. The number of amides is 2. The Hall–Kier alpha value is -2.65. The first-order chi connectivity index (χ1) is 15.3. The summed E-state index contributed by atoms with van der Waals surface area (Å²) < 4.78 is 5.59. The van der Waals surface area contributed by atoms with Gasteiger partial charge in [0.25, 0.3) is 0 Å². The minimum absolute atomic E-state index is 0.159. The highest BCUT2D eigenvalue weighted by Crippen LogP contribution is 2.25. The standard InChI is InChI=1S/C22H24Cl2N2O6/c23-16-8-15(9-17(24)10-16)18(11-21(29)30)26-22(31)19(25-20(28)6-7-27)13-32-12-14-4-2-1-3-5-14/h1-5,8-10,18-19,27H,6-7,11-13H2,(H,25,28)(H,26,31)(H,29,30)/t18-,19-/m0/s1. The number of carboxylic acid groups (broad SMARTS) is 1. The van der Waals surface area contributed by atoms with Gasteiger partial charge in [0.2, 0.25) is 11.8 Å². The number of benzene rings is 2. The maximum Gasteiger partial charge on any atom is 0.305 e. The smallest absolute Gasteiger partial charge is 0.305 e. The highest BCUT2D eigenvalue weighted by molar-refractivity contribution is 6.34. The van der Waals surface area contributed by atoms with Crippen LogP contribution >= 0.6 is 23.2 Å². The molecule has 0 aliphatic heterocycles. The molecule has 0 spiro atoms. The number of hydrogen-bond acceptors (Lipinski definition) is 5. The Morgan fingerprint density at radius 3 is 2.25 bits per heavy atom. The number of nitrogens with one attached hydrogen (secondary N) is 2. The fourth-order valence-corrected chi connectivity index (χ4v) is 3.44. The van der Waals surface area contributed by atoms with Crippen LogP contribution in [0.2, 0.25) is 10.0 Å². The molecule has 0 saturated heterocycles. The van der Waals surface area contributed by atoms with Crippen LogP contribution in [0, 0.1) is 0 Å². The summed E-state index contributed by atoms with van der Waals surface area (Å²) >= 11 is 12.0. The van der Waals surface area contributed by atoms with Crippen LogP contribution in [0.4, 0.5) is 0 Å². The third-order valence-electron chi connectivity index (χ3n) is 4.37. The molecule has 2 aromatic rings. The topological polar surface area (TPSA) is 125 Å². The Balaban J connectivity index is 2.14. The zero-order valence-electron chi connectivity index (χ0n) is 17.1. The minimum atomic E-state index is -1.15. The van der Waals surface area contributed by atoms with Gasteiger partial charge in [-0.15, -0.1) is 0 Å². The largest absolute Gasteiger partial charge is 0.481 e. The van der Waals surface area contributed by atoms with Gasteiger partial charge in [-0.1, -0.05) is 53.5 Å². The fourth-order valence-electron chi connectivity index (χ4n) is 2.90. The van der Waals surface area contributed by atoms with Crippen molar-refractivity contribution in [1.82, 2.24) is 10.6 Å². The third-order valence-corrected chi connectivity index (χ3v) is 4.81. The van der Waals surface area contributed by atoms with Gasteiger partial charge in [0.1, 0.15) is 6.04 Å². The maximum absolute atomic E-state index is 12.9. The van der Waals surface area contributed by atoms with E-state index in [1.54, 1.807) is 0 Å². The van der Waals surface area contributed by atoms with Crippen LogP contribution < -0.4 is 10.6 Å². The Morgan fingerprint density at radius 1 is 1.00 bits per heavy atom. The molecule has 0 aromatic heterocycles. The first-order valence-corrected chi connectivity index (χ1v) is 10.5. The van der Waals surface area contributed by atoms with Crippen LogP contribution in [-0.4, -0.2) is 47.3 Å². The molecule has 2 amide bonds. The third kappa shape index (κ3) is 8.84. The van der Waals surface area contributed by atoms with Gasteiger partial charge < -0.3 is 25.6 Å². The van der Waals surface area contributed by atoms with Gasteiger partial charge in [0, 0.05) is 16.5 Å². The van der Waals surface area contributed by atoms with E-state index in [1.807, 2.05) is 30.3 Å². The molecule has 2 rings (SSSR count). The highest BCUT2D eigenvalue weighted by atomic mass is 35.5. The second kappa shape index (κ2) is 13.0. The van der Waals surface area contributed by atoms with E-state index in [0.29, 0.717) is 5.56 Å². The number of aliphatic hydroxyl groups is 1. The number of carbonyl (C=O) groups is 3. The molecule has 4 N–H and O–H groups in total. The van der Waals surface area contributed by atoms with Crippen LogP contribution in [0.3, 0.4) is 0 Å². The van der Waals surface area contributed by atoms with Crippen molar-refractivity contribution in [1.29, 1.82) is 0 Å². The number of carbonyl (C=O) groups excluding carboxylic acids is 2. The molecule has 2 aromatic carbocycles. The quantitative estimate of drug-likeness (QED) is 0.368. The van der Waals surface area contributed by atoms with Crippen LogP contribution in [-0.2, 0) is 25.7 Å². The molecule has 0 aliphatic carbocycles. The SMILES string of the molecule is O=C(O)C[C@H](NC(=O)[C@H](COCc1ccccc1)NC(=O)CCO)c1cc(Cl)cc(Cl)c1. The molecule has 0 fully saturated rings. The maximum atomic E-state index is 12.9. The molecule has 0 aliphatic rings. The Morgan fingerprint density at radius 2 is 1.66 bits per heavy atom. The highest BCUT2D eigenvalue weighted by Gasteiger charge is 2.26. The van der Waals surface area contributed by atoms with Gasteiger partial charge in [0.15, 0.2) is 0 Å². The predicted octanol–water partition coefficient (Wildman–Crippen LogP) is 2.71. The molecule has 0 unspecified atom stereocenters. The van der Waals surface area contributed by atoms with E-state index in [1.165, 1.54) is 18.2 Å². The number of rotatable bonds is 12. The van der Waals surface area contributed by atoms with Crippen molar-refractivity contribution in [3.8, 4) is 0 Å². The molecule has 0 saturated carbocycles. The molecule has 10 heteroatoms. The van der Waals surface area contributed by atoms with Gasteiger partial charge >= 0.3 is 5.97 Å². The molecule has 32 heavy (non-hydrogen) atoms. The van der Waals surface area contributed by atoms with E-state index < -0.39 is 36.3 Å². The number of carboxylic acids is 1. The lowest BCUT2D eigenvalue weighted by Gasteiger charge is -2.23. The summed E-state index contributed by atoms with van der Waals surface area (Å²) in [5.41, 5.74) is 1.29. The van der Waals surface area contributed by atoms with Crippen LogP contribution in [0.1, 0.15) is 30.0 Å². The Labute approximate surface area is 195 Å². The van der Waals surface area contributed by atoms with Crippen molar-refractivity contribution in [2.24, 2.45) is 0 Å². The summed E-state index contributed by atoms with van der Waals surface area (Å²) in [6.45, 7) is -0.329. The Bertz CT molecular complexity index is 906. The van der Waals surface area contributed by atoms with E-state index in [4.69, 9.17) is 33.0 Å². The Kier molecular flexibility index (Phi) is 10.4. The van der Waals surface area contributed by atoms with Crippen molar-refractivity contribution in [3.63, 3.8) is 0 Å². The normalized spacial score (nSPS) is 12.6. The second-order valence-electron chi connectivity index (χ2n) is 6.96. The molecular weight excluding hydrogens is 459 g/mol. The molecule has 0 radical (unpaired) electrons. The van der Waals surface area contributed by atoms with Gasteiger partial charge in [-0.05, 0) is 29.3 Å². The monoisotopic (exact) mass is 482 g/mol. The van der Waals surface area contributed by atoms with Crippen molar-refractivity contribution in [2.45, 2.75) is 31.5 Å². The average molecular weight is 483 g/mol. The van der Waals surface area contributed by atoms with Gasteiger partial charge in [-0.2, -0.15) is 0 Å². The predicted molar refractivity (Wildman–Crippen MR) is 119 cm³/mol. The lowest BCUT2D eigenvalue weighted by molar-refractivity contribution is -0.138. The molecule has 0 heterocycles. The van der Waals surface area contributed by atoms with Crippen molar-refractivity contribution >= 4 is 41.0 Å². The van der Waals surface area contributed by atoms with Gasteiger partial charge in [-0.3, -0.25) is 14.4 Å². The molecular formula is C22H24Cl2N2O6. The van der Waals surface area contributed by atoms with Crippen LogP contribution in [0.15, 0.2) is 48.5 Å². The second-order valence-corrected chi connectivity index (χ2v) is 7.83. The van der Waals surface area contributed by atoms with Crippen molar-refractivity contribution in [3.05, 3.63) is 69.7 Å². The summed E-state index contributed by atoms with van der Waals surface area (Å²) in [7, 11) is 0. The van der Waals surface area contributed by atoms with E-state index >= 15 is 0 Å². The number of hydrogen-bond donors (Lipinski definition) is 4. The van der Waals surface area contributed by atoms with Crippen molar-refractivity contribution < 1.29 is 29.3 Å². The lowest BCUT2D eigenvalue weighted by Crippen LogP contribution is -2.50. The summed E-state index contributed by atoms with van der Waals surface area (Å²) in [6, 6.07) is 11.7. The summed E-state index contributed by atoms with van der Waals surface area (Å²) in [5.74, 6) is -2.34.